The highest BCUT2D eigenvalue weighted by Gasteiger charge is -0.0765. The van der Waals surface area contributed by atoms with Gasteiger partial charge in [0.1, 0.15) is 0 Å². The van der Waals surface area contributed by atoms with Crippen molar-refractivity contribution in [2.75, 3.05) is 0 Å². The van der Waals surface area contributed by atoms with Crippen LogP contribution in [0.3, 0.4) is 0 Å². The summed E-state index contributed by atoms with van der Waals surface area (Å²) in [5.74, 6) is 0. The van der Waals surface area contributed by atoms with Crippen LogP contribution in [0.1, 0.15) is 14.9 Å². The Bertz CT molecular complexity index is 4.00. The van der Waals surface area contributed by atoms with Gasteiger partial charge in [0.15, 0.2) is 0 Å². The van der Waals surface area contributed by atoms with E-state index in [4.69, 9.17) is 0 Å². The Labute approximate surface area is 40.4 Å². The zero-order valence-electron chi connectivity index (χ0n) is 0.816. The van der Waals surface area contributed by atoms with Crippen molar-refractivity contribution in [2.24, 2.45) is 0 Å². The Morgan fingerprint density at radius 2 is 0.500 bits per heavy atom. The maximum atomic E-state index is 0. The molecule has 0 aromatic rings. The van der Waals surface area contributed by atoms with Crippen LogP contribution in [-0.2, 0) is 0 Å². The second-order valence-corrected chi connectivity index (χ2v) is 0. The predicted molar refractivity (Wildman–Crippen MR) is 28.0 cm³/mol. The Hall–Kier alpha value is 0.580. The molecular formula is C2H10Cl2. The molecule has 0 nitrogen and oxygen atoms in total. The molecule has 0 unspecified atom stereocenters. The molecule has 0 heterocycles. The van der Waals surface area contributed by atoms with Gasteiger partial charge in [-0.25, -0.2) is 0 Å². The third-order valence-corrected chi connectivity index (χ3v) is 0. The Morgan fingerprint density at radius 3 is 0.500 bits per heavy atom. The molecule has 0 aliphatic heterocycles. The summed E-state index contributed by atoms with van der Waals surface area (Å²) in [5.41, 5.74) is 0. The second kappa shape index (κ2) is 70.8. The fraction of sp³-hybridized carbons (Fsp3) is 1.00. The minimum atomic E-state index is 0. The average Bonchev–Trinajstić information content (AvgIpc) is 0. The van der Waals surface area contributed by atoms with Crippen molar-refractivity contribution in [3.05, 3.63) is 0 Å². The van der Waals surface area contributed by atoms with Gasteiger partial charge in [-0.05, 0) is 0 Å². The van der Waals surface area contributed by atoms with E-state index in [9.17, 15) is 0 Å². The summed E-state index contributed by atoms with van der Waals surface area (Å²) in [6, 6.07) is 0. The van der Waals surface area contributed by atoms with E-state index in [1.165, 1.54) is 0 Å². The van der Waals surface area contributed by atoms with Gasteiger partial charge in [0.25, 0.3) is 0 Å². The van der Waals surface area contributed by atoms with Crippen LogP contribution in [0.2, 0.25) is 0 Å². The number of rotatable bonds is 0. The summed E-state index contributed by atoms with van der Waals surface area (Å²) in [4.78, 5) is 0. The zero-order chi connectivity index (χ0) is 0. The Balaban J connectivity index is 0. The molecule has 0 aromatic carbocycles. The molecular weight excluding hydrogens is 94.9 g/mol. The van der Waals surface area contributed by atoms with Gasteiger partial charge < -0.3 is 0 Å². The summed E-state index contributed by atoms with van der Waals surface area (Å²) in [7, 11) is 0. The molecule has 0 saturated heterocycles. The monoisotopic (exact) mass is 104 g/mol. The highest BCUT2D eigenvalue weighted by molar-refractivity contribution is 5.85. The van der Waals surface area contributed by atoms with Crippen LogP contribution in [0.5, 0.6) is 0 Å². The van der Waals surface area contributed by atoms with Crippen molar-refractivity contribution in [3.63, 3.8) is 0 Å². The predicted octanol–water partition coefficient (Wildman–Crippen LogP) is 2.12. The van der Waals surface area contributed by atoms with E-state index in [0.29, 0.717) is 0 Å². The van der Waals surface area contributed by atoms with Crippen molar-refractivity contribution in [1.29, 1.82) is 0 Å². The van der Waals surface area contributed by atoms with Crippen LogP contribution in [0.4, 0.5) is 0 Å². The first kappa shape index (κ1) is 174. The lowest BCUT2D eigenvalue weighted by molar-refractivity contribution is 2.50. The quantitative estimate of drug-likeness (QED) is 0.442. The number of hydrogen-bond donors (Lipinski definition) is 0. The van der Waals surface area contributed by atoms with Crippen molar-refractivity contribution in [2.45, 2.75) is 14.9 Å². The van der Waals surface area contributed by atoms with E-state index >= 15 is 0 Å². The highest BCUT2D eigenvalue weighted by atomic mass is 35.5. The zero-order valence-corrected chi connectivity index (χ0v) is 2.45. The molecule has 0 fully saturated rings. The Kier molecular flexibility index (Phi) is 3090. The summed E-state index contributed by atoms with van der Waals surface area (Å²) in [5, 5.41) is 0. The minimum absolute atomic E-state index is 0. The molecule has 0 amide bonds. The smallest absolute Gasteiger partial charge is 0.0776 e. The van der Waals surface area contributed by atoms with Crippen molar-refractivity contribution >= 4 is 24.8 Å². The fourth-order valence-electron chi connectivity index (χ4n) is 0. The van der Waals surface area contributed by atoms with Gasteiger partial charge in [0, 0.05) is 0 Å². The van der Waals surface area contributed by atoms with Gasteiger partial charge in [-0.15, -0.1) is 24.8 Å². The van der Waals surface area contributed by atoms with Crippen molar-refractivity contribution in [3.8, 4) is 0 Å². The van der Waals surface area contributed by atoms with E-state index in [2.05, 4.69) is 0 Å². The van der Waals surface area contributed by atoms with Gasteiger partial charge >= 0.3 is 0 Å². The first-order valence-corrected chi connectivity index (χ1v) is 0. The topological polar surface area (TPSA) is 0 Å². The average molecular weight is 105 g/mol. The number of hydrogen-bond acceptors (Lipinski definition) is 0. The second-order valence-electron chi connectivity index (χ2n) is 0. The lowest BCUT2D eigenvalue weighted by Crippen LogP contribution is 0.143. The molecule has 0 spiro atoms. The van der Waals surface area contributed by atoms with Crippen LogP contribution >= 0.6 is 24.8 Å². The largest absolute Gasteiger partial charge is 0.147 e. The van der Waals surface area contributed by atoms with Crippen LogP contribution < -0.4 is 0 Å². The molecule has 32 valence electrons. The fourth-order valence-corrected chi connectivity index (χ4v) is 0. The van der Waals surface area contributed by atoms with Gasteiger partial charge in [0.05, 0.1) is 0 Å². The lowest BCUT2D eigenvalue weighted by atomic mass is 12.0. The van der Waals surface area contributed by atoms with Crippen LogP contribution in [0.25, 0.3) is 0 Å². The van der Waals surface area contributed by atoms with E-state index < -0.39 is 0 Å². The van der Waals surface area contributed by atoms with Crippen LogP contribution in [0, 0.1) is 0 Å². The molecule has 0 bridgehead atoms. The summed E-state index contributed by atoms with van der Waals surface area (Å²) in [6.07, 6.45) is 0. The lowest BCUT2D eigenvalue weighted by Gasteiger charge is -0.148. The van der Waals surface area contributed by atoms with Crippen LogP contribution in [0.15, 0.2) is 0 Å². The number of halogens is 2. The van der Waals surface area contributed by atoms with E-state index in [0.717, 1.165) is 0 Å². The third kappa shape index (κ3) is 19.1. The standard InChI is InChI=1S/2CH4.2ClH/h2*1H4;2*1H. The Morgan fingerprint density at radius 1 is 0.500 bits per heavy atom. The summed E-state index contributed by atoms with van der Waals surface area (Å²) in [6.45, 7) is 0. The molecule has 0 saturated carbocycles. The molecule has 0 rings (SSSR count). The van der Waals surface area contributed by atoms with Gasteiger partial charge in [0.2, 0.25) is 0 Å². The summed E-state index contributed by atoms with van der Waals surface area (Å²) < 4.78 is 0. The third-order valence-electron chi connectivity index (χ3n) is 0. The van der Waals surface area contributed by atoms with Gasteiger partial charge in [-0.2, -0.15) is 0 Å². The van der Waals surface area contributed by atoms with E-state index in [-0.39, 0.29) is 39.7 Å². The SMILES string of the molecule is C.C.Cl.Cl. The molecule has 2 heteroatoms. The normalized spacial score (nSPS) is 0. The maximum Gasteiger partial charge on any atom is -0.0776 e. The molecule has 0 aromatic heterocycles. The molecule has 0 aliphatic rings. The molecule has 0 aliphatic carbocycles. The van der Waals surface area contributed by atoms with E-state index in [1.54, 1.807) is 0 Å². The highest BCUT2D eigenvalue weighted by Crippen LogP contribution is 0.691. The minimum Gasteiger partial charge on any atom is -0.147 e. The van der Waals surface area contributed by atoms with Crippen molar-refractivity contribution < 1.29 is 0 Å². The summed E-state index contributed by atoms with van der Waals surface area (Å²) >= 11 is 0. The first-order valence-electron chi connectivity index (χ1n) is 0. The molecule has 0 radical (unpaired) electrons. The van der Waals surface area contributed by atoms with Gasteiger partial charge in [-0.1, -0.05) is 14.9 Å². The van der Waals surface area contributed by atoms with Gasteiger partial charge in [-0.3, -0.25) is 0 Å². The van der Waals surface area contributed by atoms with Crippen molar-refractivity contribution in [1.82, 2.24) is 0 Å². The first-order chi connectivity index (χ1) is 0. The molecule has 0 N–H and O–H groups in total. The van der Waals surface area contributed by atoms with E-state index in [1.807, 2.05) is 0 Å². The maximum absolute atomic E-state index is 0. The van der Waals surface area contributed by atoms with Crippen LogP contribution in [-0.4, -0.2) is 0 Å². The molecule has 4 heavy (non-hydrogen) atoms. The molecule has 0 atom stereocenters.